The van der Waals surface area contributed by atoms with E-state index < -0.39 is 0 Å². The molecular formula is C17H20N6O. The Hall–Kier alpha value is -2.96. The highest BCUT2D eigenvalue weighted by Gasteiger charge is 2.18. The molecule has 2 heterocycles. The van der Waals surface area contributed by atoms with E-state index in [0.29, 0.717) is 12.1 Å². The van der Waals surface area contributed by atoms with Crippen molar-refractivity contribution < 1.29 is 4.79 Å². The lowest BCUT2D eigenvalue weighted by Crippen LogP contribution is -2.24. The van der Waals surface area contributed by atoms with E-state index in [-0.39, 0.29) is 5.91 Å². The Kier molecular flexibility index (Phi) is 4.41. The quantitative estimate of drug-likeness (QED) is 0.779. The number of hydrogen-bond acceptors (Lipinski definition) is 4. The first-order chi connectivity index (χ1) is 11.6. The Balaban J connectivity index is 1.80. The number of para-hydroxylation sites is 1. The molecule has 0 aliphatic heterocycles. The predicted octanol–water partition coefficient (Wildman–Crippen LogP) is 2.03. The first kappa shape index (κ1) is 15.9. The summed E-state index contributed by atoms with van der Waals surface area (Å²) in [6, 6.07) is 7.78. The van der Waals surface area contributed by atoms with E-state index in [1.165, 1.54) is 6.33 Å². The van der Waals surface area contributed by atoms with Crippen molar-refractivity contribution in [3.8, 4) is 5.69 Å². The lowest BCUT2D eigenvalue weighted by Gasteiger charge is -2.10. The third-order valence-corrected chi connectivity index (χ3v) is 4.00. The topological polar surface area (TPSA) is 77.6 Å². The van der Waals surface area contributed by atoms with Crippen molar-refractivity contribution in [1.29, 1.82) is 0 Å². The first-order valence-corrected chi connectivity index (χ1v) is 7.87. The molecule has 0 spiro atoms. The van der Waals surface area contributed by atoms with Gasteiger partial charge in [-0.05, 0) is 32.4 Å². The van der Waals surface area contributed by atoms with Crippen LogP contribution in [0.5, 0.6) is 0 Å². The van der Waals surface area contributed by atoms with Crippen molar-refractivity contribution in [2.75, 3.05) is 0 Å². The van der Waals surface area contributed by atoms with Gasteiger partial charge in [0, 0.05) is 18.8 Å². The fourth-order valence-electron chi connectivity index (χ4n) is 2.81. The van der Waals surface area contributed by atoms with E-state index in [9.17, 15) is 4.79 Å². The van der Waals surface area contributed by atoms with Gasteiger partial charge in [0.05, 0.1) is 16.9 Å². The van der Waals surface area contributed by atoms with Crippen LogP contribution in [-0.4, -0.2) is 30.5 Å². The van der Waals surface area contributed by atoms with E-state index in [1.54, 1.807) is 11.0 Å². The zero-order valence-electron chi connectivity index (χ0n) is 14.0. The van der Waals surface area contributed by atoms with Crippen molar-refractivity contribution in [3.63, 3.8) is 0 Å². The van der Waals surface area contributed by atoms with Gasteiger partial charge in [0.15, 0.2) is 0 Å². The molecule has 1 N–H and O–H groups in total. The van der Waals surface area contributed by atoms with Crippen LogP contribution in [0.25, 0.3) is 5.69 Å². The number of aryl methyl sites for hydroxylation is 2. The van der Waals surface area contributed by atoms with Crippen molar-refractivity contribution in [2.45, 2.75) is 33.9 Å². The number of hydrogen-bond donors (Lipinski definition) is 1. The Morgan fingerprint density at radius 1 is 1.25 bits per heavy atom. The fraction of sp³-hybridized carbons (Fsp3) is 0.294. The first-order valence-electron chi connectivity index (χ1n) is 7.87. The SMILES string of the molecule is CCn1nc(C)c(C(=O)NCc2ccccc2-n2cncn2)c1C. The highest BCUT2D eigenvalue weighted by atomic mass is 16.1. The molecule has 3 aromatic rings. The van der Waals surface area contributed by atoms with E-state index >= 15 is 0 Å². The molecular weight excluding hydrogens is 304 g/mol. The van der Waals surface area contributed by atoms with Crippen LogP contribution in [0.3, 0.4) is 0 Å². The Morgan fingerprint density at radius 3 is 2.71 bits per heavy atom. The average molecular weight is 324 g/mol. The van der Waals surface area contributed by atoms with Gasteiger partial charge in [0.25, 0.3) is 5.91 Å². The minimum absolute atomic E-state index is 0.113. The summed E-state index contributed by atoms with van der Waals surface area (Å²) in [6.07, 6.45) is 3.13. The van der Waals surface area contributed by atoms with Crippen LogP contribution in [0.15, 0.2) is 36.9 Å². The molecule has 124 valence electrons. The molecule has 0 saturated carbocycles. The molecule has 0 aliphatic carbocycles. The van der Waals surface area contributed by atoms with Gasteiger partial charge in [0.1, 0.15) is 12.7 Å². The summed E-state index contributed by atoms with van der Waals surface area (Å²) in [7, 11) is 0. The number of nitrogens with zero attached hydrogens (tertiary/aromatic N) is 5. The predicted molar refractivity (Wildman–Crippen MR) is 89.9 cm³/mol. The van der Waals surface area contributed by atoms with Gasteiger partial charge in [-0.15, -0.1) is 0 Å². The maximum absolute atomic E-state index is 12.6. The zero-order chi connectivity index (χ0) is 17.1. The number of nitrogens with one attached hydrogen (secondary N) is 1. The largest absolute Gasteiger partial charge is 0.348 e. The van der Waals surface area contributed by atoms with E-state index in [0.717, 1.165) is 29.2 Å². The summed E-state index contributed by atoms with van der Waals surface area (Å²) >= 11 is 0. The van der Waals surface area contributed by atoms with Gasteiger partial charge >= 0.3 is 0 Å². The molecule has 7 nitrogen and oxygen atoms in total. The van der Waals surface area contributed by atoms with Crippen molar-refractivity contribution >= 4 is 5.91 Å². The van der Waals surface area contributed by atoms with Gasteiger partial charge in [0.2, 0.25) is 0 Å². The minimum atomic E-state index is -0.113. The summed E-state index contributed by atoms with van der Waals surface area (Å²) in [5, 5.41) is 11.5. The summed E-state index contributed by atoms with van der Waals surface area (Å²) in [4.78, 5) is 16.6. The highest BCUT2D eigenvalue weighted by Crippen LogP contribution is 2.15. The second-order valence-electron chi connectivity index (χ2n) is 5.51. The van der Waals surface area contributed by atoms with Crippen LogP contribution < -0.4 is 5.32 Å². The Morgan fingerprint density at radius 2 is 2.04 bits per heavy atom. The highest BCUT2D eigenvalue weighted by molar-refractivity contribution is 5.96. The average Bonchev–Trinajstić information content (AvgIpc) is 3.21. The van der Waals surface area contributed by atoms with Crippen LogP contribution in [0.2, 0.25) is 0 Å². The number of benzene rings is 1. The molecule has 0 bridgehead atoms. The van der Waals surface area contributed by atoms with Crippen LogP contribution >= 0.6 is 0 Å². The molecule has 0 unspecified atom stereocenters. The van der Waals surface area contributed by atoms with Crippen LogP contribution in [0, 0.1) is 13.8 Å². The molecule has 2 aromatic heterocycles. The molecule has 1 aromatic carbocycles. The van der Waals surface area contributed by atoms with Crippen molar-refractivity contribution in [1.82, 2.24) is 29.9 Å². The maximum atomic E-state index is 12.6. The van der Waals surface area contributed by atoms with Crippen LogP contribution in [-0.2, 0) is 13.1 Å². The van der Waals surface area contributed by atoms with Crippen molar-refractivity contribution in [3.05, 3.63) is 59.4 Å². The lowest BCUT2D eigenvalue weighted by molar-refractivity contribution is 0.0949. The second-order valence-corrected chi connectivity index (χ2v) is 5.51. The Labute approximate surface area is 140 Å². The molecule has 0 aliphatic rings. The summed E-state index contributed by atoms with van der Waals surface area (Å²) in [5.74, 6) is -0.113. The lowest BCUT2D eigenvalue weighted by atomic mass is 10.1. The van der Waals surface area contributed by atoms with E-state index in [1.807, 2.05) is 49.7 Å². The summed E-state index contributed by atoms with van der Waals surface area (Å²) < 4.78 is 3.53. The number of carbonyl (C=O) groups is 1. The number of carbonyl (C=O) groups excluding carboxylic acids is 1. The molecule has 7 heteroatoms. The molecule has 0 fully saturated rings. The second kappa shape index (κ2) is 6.66. The maximum Gasteiger partial charge on any atom is 0.255 e. The smallest absolute Gasteiger partial charge is 0.255 e. The van der Waals surface area contributed by atoms with Gasteiger partial charge < -0.3 is 5.32 Å². The minimum Gasteiger partial charge on any atom is -0.348 e. The third kappa shape index (κ3) is 2.92. The number of amides is 1. The zero-order valence-corrected chi connectivity index (χ0v) is 14.0. The summed E-state index contributed by atoms with van der Waals surface area (Å²) in [5.41, 5.74) is 4.14. The van der Waals surface area contributed by atoms with Crippen molar-refractivity contribution in [2.24, 2.45) is 0 Å². The molecule has 1 amide bonds. The molecule has 0 atom stereocenters. The van der Waals surface area contributed by atoms with Gasteiger partial charge in [-0.3, -0.25) is 9.48 Å². The van der Waals surface area contributed by atoms with E-state index in [2.05, 4.69) is 20.5 Å². The van der Waals surface area contributed by atoms with Crippen LogP contribution in [0.1, 0.15) is 34.2 Å². The summed E-state index contributed by atoms with van der Waals surface area (Å²) in [6.45, 7) is 6.94. The van der Waals surface area contributed by atoms with Gasteiger partial charge in [-0.2, -0.15) is 10.2 Å². The molecule has 3 rings (SSSR count). The van der Waals surface area contributed by atoms with Crippen LogP contribution in [0.4, 0.5) is 0 Å². The molecule has 0 radical (unpaired) electrons. The normalized spacial score (nSPS) is 10.8. The number of rotatable bonds is 5. The Bertz CT molecular complexity index is 850. The third-order valence-electron chi connectivity index (χ3n) is 4.00. The molecule has 24 heavy (non-hydrogen) atoms. The molecule has 0 saturated heterocycles. The van der Waals surface area contributed by atoms with Gasteiger partial charge in [-0.25, -0.2) is 9.67 Å². The van der Waals surface area contributed by atoms with E-state index in [4.69, 9.17) is 0 Å². The standard InChI is InChI=1S/C17H20N6O/c1-4-22-13(3)16(12(2)21-22)17(24)19-9-14-7-5-6-8-15(14)23-11-18-10-20-23/h5-8,10-11H,4,9H2,1-3H3,(H,19,24). The number of aromatic nitrogens is 5. The fourth-order valence-corrected chi connectivity index (χ4v) is 2.81. The monoisotopic (exact) mass is 324 g/mol. The van der Waals surface area contributed by atoms with Gasteiger partial charge in [-0.1, -0.05) is 18.2 Å².